The fourth-order valence-corrected chi connectivity index (χ4v) is 3.23. The van der Waals surface area contributed by atoms with Crippen molar-refractivity contribution in [3.05, 3.63) is 0 Å². The standard InChI is InChI=1S/C9H20N2O2Si/c1-13-9(12)10-5-7-11(8-6-10)14(2,3)4/h5-8H2,1-4H3. The van der Waals surface area contributed by atoms with Crippen LogP contribution in [0.4, 0.5) is 4.79 Å². The number of carbonyl (C=O) groups is 1. The molecule has 0 aromatic rings. The maximum atomic E-state index is 11.2. The normalized spacial score (nSPS) is 19.6. The van der Waals surface area contributed by atoms with Crippen LogP contribution in [0.2, 0.25) is 19.6 Å². The lowest BCUT2D eigenvalue weighted by Crippen LogP contribution is -2.57. The topological polar surface area (TPSA) is 32.8 Å². The molecular formula is C9H20N2O2Si. The van der Waals surface area contributed by atoms with Gasteiger partial charge >= 0.3 is 6.09 Å². The fourth-order valence-electron chi connectivity index (χ4n) is 1.69. The van der Waals surface area contributed by atoms with E-state index in [0.29, 0.717) is 0 Å². The molecule has 1 saturated heterocycles. The van der Waals surface area contributed by atoms with Crippen molar-refractivity contribution in [2.75, 3.05) is 33.3 Å². The third-order valence-corrected chi connectivity index (χ3v) is 5.01. The van der Waals surface area contributed by atoms with Gasteiger partial charge in [0.2, 0.25) is 0 Å². The zero-order valence-corrected chi connectivity index (χ0v) is 10.5. The summed E-state index contributed by atoms with van der Waals surface area (Å²) in [5, 5.41) is 0. The summed E-state index contributed by atoms with van der Waals surface area (Å²) in [5.74, 6) is 0. The van der Waals surface area contributed by atoms with Crippen molar-refractivity contribution in [1.29, 1.82) is 0 Å². The van der Waals surface area contributed by atoms with Gasteiger partial charge in [-0.25, -0.2) is 4.79 Å². The SMILES string of the molecule is COC(=O)N1CCN([Si](C)(C)C)CC1. The highest BCUT2D eigenvalue weighted by molar-refractivity contribution is 6.73. The first-order chi connectivity index (χ1) is 6.45. The number of piperazine rings is 1. The molecule has 0 aliphatic carbocycles. The summed E-state index contributed by atoms with van der Waals surface area (Å²) >= 11 is 0. The maximum absolute atomic E-state index is 11.2. The van der Waals surface area contributed by atoms with Crippen molar-refractivity contribution < 1.29 is 9.53 Å². The molecule has 0 aromatic carbocycles. The molecule has 5 heteroatoms. The number of carbonyl (C=O) groups excluding carboxylic acids is 1. The van der Waals surface area contributed by atoms with Crippen molar-refractivity contribution >= 4 is 14.3 Å². The lowest BCUT2D eigenvalue weighted by Gasteiger charge is -2.40. The minimum absolute atomic E-state index is 0.194. The molecular weight excluding hydrogens is 196 g/mol. The molecule has 0 bridgehead atoms. The Kier molecular flexibility index (Phi) is 3.55. The Morgan fingerprint density at radius 2 is 1.64 bits per heavy atom. The predicted molar refractivity (Wildman–Crippen MR) is 58.9 cm³/mol. The number of nitrogens with zero attached hydrogens (tertiary/aromatic N) is 2. The van der Waals surface area contributed by atoms with Crippen molar-refractivity contribution in [3.63, 3.8) is 0 Å². The summed E-state index contributed by atoms with van der Waals surface area (Å²) in [6.07, 6.45) is -0.194. The number of ether oxygens (including phenoxy) is 1. The highest BCUT2D eigenvalue weighted by atomic mass is 28.3. The van der Waals surface area contributed by atoms with Gasteiger partial charge in [-0.05, 0) is 0 Å². The van der Waals surface area contributed by atoms with Crippen molar-refractivity contribution in [2.45, 2.75) is 19.6 Å². The van der Waals surface area contributed by atoms with Crippen LogP contribution in [-0.4, -0.2) is 57.1 Å². The number of rotatable bonds is 1. The summed E-state index contributed by atoms with van der Waals surface area (Å²) in [4.78, 5) is 13.0. The molecule has 1 aliphatic rings. The number of amides is 1. The molecule has 0 unspecified atom stereocenters. The Hall–Kier alpha value is -0.553. The summed E-state index contributed by atoms with van der Waals surface area (Å²) in [5.41, 5.74) is 0. The van der Waals surface area contributed by atoms with Crippen LogP contribution in [0, 0.1) is 0 Å². The van der Waals surface area contributed by atoms with E-state index < -0.39 is 8.24 Å². The van der Waals surface area contributed by atoms with Crippen LogP contribution in [-0.2, 0) is 4.74 Å². The first-order valence-electron chi connectivity index (χ1n) is 5.03. The highest BCUT2D eigenvalue weighted by Gasteiger charge is 2.29. The summed E-state index contributed by atoms with van der Waals surface area (Å²) < 4.78 is 7.21. The Balaban J connectivity index is 2.43. The molecule has 1 fully saturated rings. The molecule has 14 heavy (non-hydrogen) atoms. The second-order valence-electron chi connectivity index (χ2n) is 4.61. The predicted octanol–water partition coefficient (Wildman–Crippen LogP) is 1.21. The van der Waals surface area contributed by atoms with E-state index in [-0.39, 0.29) is 6.09 Å². The molecule has 82 valence electrons. The first-order valence-corrected chi connectivity index (χ1v) is 8.48. The zero-order valence-electron chi connectivity index (χ0n) is 9.54. The van der Waals surface area contributed by atoms with Gasteiger partial charge in [0.05, 0.1) is 7.11 Å². The molecule has 1 amide bonds. The van der Waals surface area contributed by atoms with E-state index in [4.69, 9.17) is 4.74 Å². The highest BCUT2D eigenvalue weighted by Crippen LogP contribution is 2.12. The van der Waals surface area contributed by atoms with E-state index in [0.717, 1.165) is 26.2 Å². The molecule has 0 radical (unpaired) electrons. The second kappa shape index (κ2) is 4.31. The third kappa shape index (κ3) is 2.72. The maximum Gasteiger partial charge on any atom is 0.409 e. The summed E-state index contributed by atoms with van der Waals surface area (Å²) in [7, 11) is 0.261. The Morgan fingerprint density at radius 1 is 1.14 bits per heavy atom. The van der Waals surface area contributed by atoms with Crippen LogP contribution >= 0.6 is 0 Å². The van der Waals surface area contributed by atoms with Gasteiger partial charge in [0.15, 0.2) is 0 Å². The first kappa shape index (κ1) is 11.5. The molecule has 0 aromatic heterocycles. The van der Waals surface area contributed by atoms with E-state index in [9.17, 15) is 4.79 Å². The second-order valence-corrected chi connectivity index (χ2v) is 9.59. The molecule has 0 N–H and O–H groups in total. The average molecular weight is 216 g/mol. The van der Waals surface area contributed by atoms with E-state index in [2.05, 4.69) is 24.2 Å². The lowest BCUT2D eigenvalue weighted by atomic mass is 10.4. The molecule has 0 spiro atoms. The van der Waals surface area contributed by atoms with Gasteiger partial charge in [-0.3, -0.25) is 0 Å². The van der Waals surface area contributed by atoms with Crippen molar-refractivity contribution in [2.24, 2.45) is 0 Å². The van der Waals surface area contributed by atoms with Crippen LogP contribution in [0.5, 0.6) is 0 Å². The lowest BCUT2D eigenvalue weighted by molar-refractivity contribution is 0.106. The molecule has 1 heterocycles. The number of hydrogen-bond donors (Lipinski definition) is 0. The Bertz CT molecular complexity index is 207. The van der Waals surface area contributed by atoms with Gasteiger partial charge in [-0.2, -0.15) is 0 Å². The van der Waals surface area contributed by atoms with E-state index in [1.54, 1.807) is 4.90 Å². The van der Waals surface area contributed by atoms with Gasteiger partial charge < -0.3 is 14.2 Å². The van der Waals surface area contributed by atoms with Crippen LogP contribution in [0.15, 0.2) is 0 Å². The van der Waals surface area contributed by atoms with Gasteiger partial charge in [0.25, 0.3) is 0 Å². The van der Waals surface area contributed by atoms with Crippen molar-refractivity contribution in [1.82, 2.24) is 9.47 Å². The fraction of sp³-hybridized carbons (Fsp3) is 0.889. The Labute approximate surface area is 86.9 Å². The van der Waals surface area contributed by atoms with E-state index in [1.165, 1.54) is 7.11 Å². The summed E-state index contributed by atoms with van der Waals surface area (Å²) in [6.45, 7) is 10.6. The minimum atomic E-state index is -1.18. The molecule has 0 atom stereocenters. The van der Waals surface area contributed by atoms with Gasteiger partial charge in [0.1, 0.15) is 8.24 Å². The third-order valence-electron chi connectivity index (χ3n) is 2.66. The number of methoxy groups -OCH3 is 1. The van der Waals surface area contributed by atoms with Crippen molar-refractivity contribution in [3.8, 4) is 0 Å². The van der Waals surface area contributed by atoms with Crippen LogP contribution < -0.4 is 0 Å². The number of hydrogen-bond acceptors (Lipinski definition) is 3. The largest absolute Gasteiger partial charge is 0.453 e. The zero-order chi connectivity index (χ0) is 10.8. The van der Waals surface area contributed by atoms with Gasteiger partial charge in [0, 0.05) is 26.2 Å². The van der Waals surface area contributed by atoms with E-state index in [1.807, 2.05) is 0 Å². The molecule has 1 aliphatic heterocycles. The Morgan fingerprint density at radius 3 is 2.00 bits per heavy atom. The monoisotopic (exact) mass is 216 g/mol. The van der Waals surface area contributed by atoms with Crippen LogP contribution in [0.1, 0.15) is 0 Å². The molecule has 1 rings (SSSR count). The van der Waals surface area contributed by atoms with E-state index >= 15 is 0 Å². The van der Waals surface area contributed by atoms with Gasteiger partial charge in [-0.1, -0.05) is 19.6 Å². The average Bonchev–Trinajstić information content (AvgIpc) is 2.15. The quantitative estimate of drug-likeness (QED) is 0.618. The van der Waals surface area contributed by atoms with Crippen LogP contribution in [0.25, 0.3) is 0 Å². The van der Waals surface area contributed by atoms with Gasteiger partial charge in [-0.15, -0.1) is 0 Å². The smallest absolute Gasteiger partial charge is 0.409 e. The molecule has 4 nitrogen and oxygen atoms in total. The minimum Gasteiger partial charge on any atom is -0.453 e. The molecule has 0 saturated carbocycles. The van der Waals surface area contributed by atoms with Crippen LogP contribution in [0.3, 0.4) is 0 Å². The summed E-state index contributed by atoms with van der Waals surface area (Å²) in [6, 6.07) is 0.